The highest BCUT2D eigenvalue weighted by Gasteiger charge is 2.15. The fourth-order valence-electron chi connectivity index (χ4n) is 0.984. The molecule has 2 heteroatoms. The van der Waals surface area contributed by atoms with Crippen molar-refractivity contribution >= 4 is 0 Å². The predicted octanol–water partition coefficient (Wildman–Crippen LogP) is 0.894. The Hall–Kier alpha value is -0.0800. The molecule has 2 nitrogen and oxygen atoms in total. The first kappa shape index (κ1) is 6.05. The van der Waals surface area contributed by atoms with Crippen molar-refractivity contribution in [1.29, 1.82) is 0 Å². The fraction of sp³-hybridized carbons (Fsp3) is 1.00. The molecule has 1 rings (SSSR count). The molecule has 1 N–H and O–H groups in total. The van der Waals surface area contributed by atoms with E-state index in [0.717, 1.165) is 19.3 Å². The lowest BCUT2D eigenvalue weighted by Crippen LogP contribution is -2.24. The fourth-order valence-corrected chi connectivity index (χ4v) is 0.984. The summed E-state index contributed by atoms with van der Waals surface area (Å²) in [5.74, 6) is 0. The van der Waals surface area contributed by atoms with Gasteiger partial charge in [-0.05, 0) is 26.2 Å². The third-order valence-corrected chi connectivity index (χ3v) is 1.45. The lowest BCUT2D eigenvalue weighted by atomic mass is 10.1. The second kappa shape index (κ2) is 2.46. The van der Waals surface area contributed by atoms with Crippen LogP contribution in [0.4, 0.5) is 0 Å². The molecule has 1 heterocycles. The smallest absolute Gasteiger partial charge is 0.154 e. The van der Waals surface area contributed by atoms with Crippen LogP contribution in [0.2, 0.25) is 0 Å². The third-order valence-electron chi connectivity index (χ3n) is 1.45. The number of hydrogen-bond acceptors (Lipinski definition) is 2. The van der Waals surface area contributed by atoms with Crippen molar-refractivity contribution in [3.05, 3.63) is 0 Å². The molecule has 0 saturated carbocycles. The molecule has 0 amide bonds. The van der Waals surface area contributed by atoms with Crippen LogP contribution >= 0.6 is 0 Å². The lowest BCUT2D eigenvalue weighted by Gasteiger charge is -2.23. The van der Waals surface area contributed by atoms with Gasteiger partial charge in [-0.1, -0.05) is 0 Å². The molecule has 0 aromatic carbocycles. The van der Waals surface area contributed by atoms with Gasteiger partial charge in [0.15, 0.2) is 6.29 Å². The minimum Gasteiger partial charge on any atom is -0.368 e. The molecule has 0 spiro atoms. The van der Waals surface area contributed by atoms with Crippen LogP contribution < -0.4 is 0 Å². The summed E-state index contributed by atoms with van der Waals surface area (Å²) < 4.78 is 5.04. The second-order valence-electron chi connectivity index (χ2n) is 2.33. The second-order valence-corrected chi connectivity index (χ2v) is 2.33. The molecular weight excluding hydrogens is 104 g/mol. The maximum absolute atomic E-state index is 8.86. The van der Waals surface area contributed by atoms with E-state index in [2.05, 4.69) is 0 Å². The van der Waals surface area contributed by atoms with Gasteiger partial charge < -0.3 is 9.84 Å². The maximum atomic E-state index is 8.86. The molecule has 48 valence electrons. The molecule has 0 aromatic heterocycles. The van der Waals surface area contributed by atoms with E-state index in [1.807, 2.05) is 6.92 Å². The molecule has 1 saturated heterocycles. The van der Waals surface area contributed by atoms with Gasteiger partial charge in [-0.15, -0.1) is 0 Å². The highest BCUT2D eigenvalue weighted by atomic mass is 16.6. The van der Waals surface area contributed by atoms with Crippen LogP contribution in [0.25, 0.3) is 0 Å². The van der Waals surface area contributed by atoms with Gasteiger partial charge in [0, 0.05) is 0 Å². The molecular formula is C6H12O2. The molecule has 0 unspecified atom stereocenters. The van der Waals surface area contributed by atoms with E-state index in [4.69, 9.17) is 9.84 Å². The molecule has 0 bridgehead atoms. The van der Waals surface area contributed by atoms with Crippen LogP contribution in [0.15, 0.2) is 0 Å². The number of rotatable bonds is 0. The predicted molar refractivity (Wildman–Crippen MR) is 30.4 cm³/mol. The topological polar surface area (TPSA) is 29.5 Å². The summed E-state index contributed by atoms with van der Waals surface area (Å²) >= 11 is 0. The number of aliphatic hydroxyl groups is 1. The lowest BCUT2D eigenvalue weighted by molar-refractivity contribution is -0.156. The van der Waals surface area contributed by atoms with E-state index < -0.39 is 6.29 Å². The normalized spacial score (nSPS) is 39.8. The molecule has 2 atom stereocenters. The molecule has 0 aromatic rings. The Morgan fingerprint density at radius 1 is 1.50 bits per heavy atom. The standard InChI is InChI=1S/C6H12O2/c1-5-3-2-4-6(7)8-5/h5-7H,2-4H2,1H3/t5-,6-/m0/s1. The van der Waals surface area contributed by atoms with Crippen LogP contribution in [-0.2, 0) is 4.74 Å². The summed E-state index contributed by atoms with van der Waals surface area (Å²) in [6.45, 7) is 1.99. The Kier molecular flexibility index (Phi) is 1.86. The summed E-state index contributed by atoms with van der Waals surface area (Å²) in [5, 5.41) is 8.86. The van der Waals surface area contributed by atoms with E-state index >= 15 is 0 Å². The largest absolute Gasteiger partial charge is 0.368 e. The third kappa shape index (κ3) is 1.46. The highest BCUT2D eigenvalue weighted by molar-refractivity contribution is 4.59. The zero-order chi connectivity index (χ0) is 5.98. The van der Waals surface area contributed by atoms with Crippen LogP contribution in [0.5, 0.6) is 0 Å². The zero-order valence-corrected chi connectivity index (χ0v) is 5.13. The minimum absolute atomic E-state index is 0.263. The first-order valence-electron chi connectivity index (χ1n) is 3.12. The van der Waals surface area contributed by atoms with Crippen molar-refractivity contribution in [3.63, 3.8) is 0 Å². The van der Waals surface area contributed by atoms with Crippen LogP contribution in [0.3, 0.4) is 0 Å². The average molecular weight is 116 g/mol. The van der Waals surface area contributed by atoms with Gasteiger partial charge in [-0.25, -0.2) is 0 Å². The quantitative estimate of drug-likeness (QED) is 0.509. The molecule has 8 heavy (non-hydrogen) atoms. The van der Waals surface area contributed by atoms with Gasteiger partial charge in [0.05, 0.1) is 6.10 Å². The Morgan fingerprint density at radius 3 is 2.62 bits per heavy atom. The molecule has 1 aliphatic rings. The van der Waals surface area contributed by atoms with E-state index in [1.165, 1.54) is 0 Å². The highest BCUT2D eigenvalue weighted by Crippen LogP contribution is 2.15. The molecule has 1 fully saturated rings. The minimum atomic E-state index is -0.487. The summed E-state index contributed by atoms with van der Waals surface area (Å²) in [7, 11) is 0. The van der Waals surface area contributed by atoms with Crippen LogP contribution in [0.1, 0.15) is 26.2 Å². The van der Waals surface area contributed by atoms with Crippen LogP contribution in [-0.4, -0.2) is 17.5 Å². The van der Waals surface area contributed by atoms with E-state index in [1.54, 1.807) is 0 Å². The Bertz CT molecular complexity index is 64.9. The summed E-state index contributed by atoms with van der Waals surface area (Å²) in [6, 6.07) is 0. The van der Waals surface area contributed by atoms with Crippen molar-refractivity contribution in [2.24, 2.45) is 0 Å². The first-order valence-corrected chi connectivity index (χ1v) is 3.12. The van der Waals surface area contributed by atoms with Crippen molar-refractivity contribution in [3.8, 4) is 0 Å². The van der Waals surface area contributed by atoms with Gasteiger partial charge in [0.2, 0.25) is 0 Å². The SMILES string of the molecule is C[C@H]1CCC[C@@H](O)O1. The zero-order valence-electron chi connectivity index (χ0n) is 5.13. The first-order chi connectivity index (χ1) is 3.79. The molecule has 1 aliphatic heterocycles. The van der Waals surface area contributed by atoms with Gasteiger partial charge >= 0.3 is 0 Å². The van der Waals surface area contributed by atoms with Gasteiger partial charge in [-0.2, -0.15) is 0 Å². The van der Waals surface area contributed by atoms with Crippen molar-refractivity contribution in [2.75, 3.05) is 0 Å². The molecule has 0 aliphatic carbocycles. The number of ether oxygens (including phenoxy) is 1. The Morgan fingerprint density at radius 2 is 2.25 bits per heavy atom. The summed E-state index contributed by atoms with van der Waals surface area (Å²) in [5.41, 5.74) is 0. The monoisotopic (exact) mass is 116 g/mol. The number of hydrogen-bond donors (Lipinski definition) is 1. The average Bonchev–Trinajstić information content (AvgIpc) is 1.64. The van der Waals surface area contributed by atoms with E-state index in [0.29, 0.717) is 0 Å². The van der Waals surface area contributed by atoms with Gasteiger partial charge in [0.1, 0.15) is 0 Å². The number of aliphatic hydroxyl groups excluding tert-OH is 1. The maximum Gasteiger partial charge on any atom is 0.154 e. The van der Waals surface area contributed by atoms with Crippen molar-refractivity contribution in [1.82, 2.24) is 0 Å². The van der Waals surface area contributed by atoms with Gasteiger partial charge in [-0.3, -0.25) is 0 Å². The van der Waals surface area contributed by atoms with E-state index in [-0.39, 0.29) is 6.10 Å². The Labute approximate surface area is 49.5 Å². The summed E-state index contributed by atoms with van der Waals surface area (Å²) in [4.78, 5) is 0. The van der Waals surface area contributed by atoms with Crippen molar-refractivity contribution in [2.45, 2.75) is 38.6 Å². The van der Waals surface area contributed by atoms with Crippen molar-refractivity contribution < 1.29 is 9.84 Å². The van der Waals surface area contributed by atoms with E-state index in [9.17, 15) is 0 Å². The molecule has 0 radical (unpaired) electrons. The Balaban J connectivity index is 2.23. The van der Waals surface area contributed by atoms with Crippen LogP contribution in [0, 0.1) is 0 Å². The van der Waals surface area contributed by atoms with Gasteiger partial charge in [0.25, 0.3) is 0 Å². The summed E-state index contributed by atoms with van der Waals surface area (Å²) in [6.07, 6.45) is 2.78.